The number of nitrogens with zero attached hydrogens (tertiary/aromatic N) is 1. The van der Waals surface area contributed by atoms with Crippen molar-refractivity contribution in [3.05, 3.63) is 24.0 Å². The largest absolute Gasteiger partial charge is 0.495 e. The molecule has 0 radical (unpaired) electrons. The van der Waals surface area contributed by atoms with Crippen LogP contribution in [-0.4, -0.2) is 31.3 Å². The van der Waals surface area contributed by atoms with Crippen molar-refractivity contribution in [2.75, 3.05) is 20.8 Å². The van der Waals surface area contributed by atoms with E-state index < -0.39 is 0 Å². The fraction of sp³-hybridized carbons (Fsp3) is 0.615. The van der Waals surface area contributed by atoms with E-state index in [4.69, 9.17) is 9.47 Å². The Labute approximate surface area is 103 Å². The van der Waals surface area contributed by atoms with Gasteiger partial charge in [0.2, 0.25) is 0 Å². The molecular weight excluding hydrogens is 216 g/mol. The minimum absolute atomic E-state index is 0.0741. The maximum atomic E-state index is 5.78. The number of nitrogens with one attached hydrogen (secondary N) is 1. The minimum atomic E-state index is -0.294. The van der Waals surface area contributed by atoms with E-state index in [-0.39, 0.29) is 11.6 Å². The first-order valence-electron chi connectivity index (χ1n) is 5.85. The zero-order valence-corrected chi connectivity index (χ0v) is 11.3. The average molecular weight is 238 g/mol. The second-order valence-corrected chi connectivity index (χ2v) is 4.42. The summed E-state index contributed by atoms with van der Waals surface area (Å²) in [6, 6.07) is 2.06. The third-order valence-corrected chi connectivity index (χ3v) is 2.80. The highest BCUT2D eigenvalue weighted by molar-refractivity contribution is 5.27. The summed E-state index contributed by atoms with van der Waals surface area (Å²) < 4.78 is 11.0. The molecule has 1 atom stereocenters. The Hall–Kier alpha value is -1.13. The molecule has 0 amide bonds. The van der Waals surface area contributed by atoms with Crippen LogP contribution in [0, 0.1) is 0 Å². The van der Waals surface area contributed by atoms with Crippen LogP contribution in [0.1, 0.15) is 32.4 Å². The highest BCUT2D eigenvalue weighted by Crippen LogP contribution is 2.29. The van der Waals surface area contributed by atoms with Crippen LogP contribution in [0.4, 0.5) is 0 Å². The number of likely N-dealkylation sites (N-methyl/N-ethyl adjacent to an activating group) is 1. The second kappa shape index (κ2) is 5.98. The van der Waals surface area contributed by atoms with Crippen LogP contribution in [0.5, 0.6) is 5.75 Å². The van der Waals surface area contributed by atoms with E-state index >= 15 is 0 Å². The summed E-state index contributed by atoms with van der Waals surface area (Å²) in [5.74, 6) is 0.759. The zero-order valence-electron chi connectivity index (χ0n) is 11.3. The summed E-state index contributed by atoms with van der Waals surface area (Å²) in [4.78, 5) is 4.18. The van der Waals surface area contributed by atoms with Crippen LogP contribution in [0.3, 0.4) is 0 Å². The molecule has 0 aromatic carbocycles. The fourth-order valence-electron chi connectivity index (χ4n) is 2.08. The van der Waals surface area contributed by atoms with Gasteiger partial charge >= 0.3 is 0 Å². The summed E-state index contributed by atoms with van der Waals surface area (Å²) in [7, 11) is 3.56. The van der Waals surface area contributed by atoms with Gasteiger partial charge in [0.15, 0.2) is 0 Å². The molecule has 4 heteroatoms. The molecule has 17 heavy (non-hydrogen) atoms. The molecule has 1 aromatic heterocycles. The summed E-state index contributed by atoms with van der Waals surface area (Å²) in [6.07, 6.45) is 3.54. The zero-order chi connectivity index (χ0) is 12.9. The van der Waals surface area contributed by atoms with Crippen molar-refractivity contribution in [1.29, 1.82) is 0 Å². The third-order valence-electron chi connectivity index (χ3n) is 2.80. The summed E-state index contributed by atoms with van der Waals surface area (Å²) >= 11 is 0. The lowest BCUT2D eigenvalue weighted by molar-refractivity contribution is -0.0375. The molecule has 1 aromatic rings. The molecule has 0 aliphatic carbocycles. The molecule has 0 bridgehead atoms. The van der Waals surface area contributed by atoms with E-state index in [1.54, 1.807) is 13.3 Å². The highest BCUT2D eigenvalue weighted by atomic mass is 16.5. The van der Waals surface area contributed by atoms with Gasteiger partial charge in [-0.15, -0.1) is 0 Å². The van der Waals surface area contributed by atoms with Gasteiger partial charge in [-0.3, -0.25) is 4.98 Å². The predicted octanol–water partition coefficient (Wildman–Crippen LogP) is 2.17. The summed E-state index contributed by atoms with van der Waals surface area (Å²) in [6.45, 7) is 6.81. The van der Waals surface area contributed by atoms with Crippen LogP contribution < -0.4 is 10.1 Å². The minimum Gasteiger partial charge on any atom is -0.495 e. The molecule has 0 aliphatic rings. The van der Waals surface area contributed by atoms with E-state index in [0.717, 1.165) is 11.3 Å². The van der Waals surface area contributed by atoms with E-state index in [1.807, 2.05) is 26.2 Å². The number of pyridine rings is 1. The predicted molar refractivity (Wildman–Crippen MR) is 68.3 cm³/mol. The molecule has 0 aliphatic heterocycles. The number of hydrogen-bond donors (Lipinski definition) is 1. The summed E-state index contributed by atoms with van der Waals surface area (Å²) in [5.41, 5.74) is 0.766. The van der Waals surface area contributed by atoms with E-state index in [2.05, 4.69) is 24.1 Å². The Morgan fingerprint density at radius 2 is 2.12 bits per heavy atom. The first-order chi connectivity index (χ1) is 8.05. The van der Waals surface area contributed by atoms with Crippen molar-refractivity contribution in [3.8, 4) is 5.75 Å². The Morgan fingerprint density at radius 3 is 2.65 bits per heavy atom. The van der Waals surface area contributed by atoms with Gasteiger partial charge in [-0.1, -0.05) is 0 Å². The smallest absolute Gasteiger partial charge is 0.137 e. The lowest BCUT2D eigenvalue weighted by Gasteiger charge is -2.34. The normalized spacial score (nSPS) is 13.5. The standard InChI is InChI=1S/C13H22N2O2/c1-6-17-13(2,3)12(14-4)10-7-11(16-5)9-15-8-10/h7-9,12,14H,6H2,1-5H3. The Bertz CT molecular complexity index is 353. The van der Waals surface area contributed by atoms with Crippen LogP contribution in [0.15, 0.2) is 18.5 Å². The van der Waals surface area contributed by atoms with E-state index in [0.29, 0.717) is 6.61 Å². The molecule has 96 valence electrons. The molecule has 1 heterocycles. The van der Waals surface area contributed by atoms with Crippen molar-refractivity contribution in [2.24, 2.45) is 0 Å². The van der Waals surface area contributed by atoms with Gasteiger partial charge in [0, 0.05) is 12.8 Å². The van der Waals surface area contributed by atoms with E-state index in [1.165, 1.54) is 0 Å². The lowest BCUT2D eigenvalue weighted by Crippen LogP contribution is -2.40. The van der Waals surface area contributed by atoms with Gasteiger partial charge in [0.25, 0.3) is 0 Å². The van der Waals surface area contributed by atoms with Crippen LogP contribution in [0.2, 0.25) is 0 Å². The molecule has 0 saturated carbocycles. The highest BCUT2D eigenvalue weighted by Gasteiger charge is 2.30. The van der Waals surface area contributed by atoms with Crippen molar-refractivity contribution < 1.29 is 9.47 Å². The van der Waals surface area contributed by atoms with Gasteiger partial charge < -0.3 is 14.8 Å². The quantitative estimate of drug-likeness (QED) is 0.825. The van der Waals surface area contributed by atoms with Crippen molar-refractivity contribution in [2.45, 2.75) is 32.4 Å². The molecule has 0 saturated heterocycles. The molecule has 0 fully saturated rings. The first kappa shape index (κ1) is 13.9. The monoisotopic (exact) mass is 238 g/mol. The van der Waals surface area contributed by atoms with Gasteiger partial charge in [-0.25, -0.2) is 0 Å². The van der Waals surface area contributed by atoms with Gasteiger partial charge in [0.05, 0.1) is 24.9 Å². The summed E-state index contributed by atoms with van der Waals surface area (Å²) in [5, 5.41) is 3.27. The van der Waals surface area contributed by atoms with Crippen LogP contribution >= 0.6 is 0 Å². The van der Waals surface area contributed by atoms with E-state index in [9.17, 15) is 0 Å². The van der Waals surface area contributed by atoms with Crippen LogP contribution in [-0.2, 0) is 4.74 Å². The molecule has 4 nitrogen and oxygen atoms in total. The van der Waals surface area contributed by atoms with Crippen LogP contribution in [0.25, 0.3) is 0 Å². The molecule has 0 spiro atoms. The van der Waals surface area contributed by atoms with Gasteiger partial charge in [-0.2, -0.15) is 0 Å². The second-order valence-electron chi connectivity index (χ2n) is 4.42. The van der Waals surface area contributed by atoms with Gasteiger partial charge in [0.1, 0.15) is 5.75 Å². The number of methoxy groups -OCH3 is 1. The maximum absolute atomic E-state index is 5.78. The maximum Gasteiger partial charge on any atom is 0.137 e. The topological polar surface area (TPSA) is 43.4 Å². The van der Waals surface area contributed by atoms with Crippen molar-refractivity contribution in [1.82, 2.24) is 10.3 Å². The Kier molecular flexibility index (Phi) is 4.90. The SMILES string of the molecule is CCOC(C)(C)C(NC)c1cncc(OC)c1. The number of rotatable bonds is 6. The Balaban J connectivity index is 3.00. The third kappa shape index (κ3) is 3.41. The molecule has 1 unspecified atom stereocenters. The number of ether oxygens (including phenoxy) is 2. The fourth-order valence-corrected chi connectivity index (χ4v) is 2.08. The Morgan fingerprint density at radius 1 is 1.41 bits per heavy atom. The van der Waals surface area contributed by atoms with Gasteiger partial charge in [-0.05, 0) is 39.4 Å². The molecular formula is C13H22N2O2. The number of aromatic nitrogens is 1. The number of hydrogen-bond acceptors (Lipinski definition) is 4. The molecule has 1 N–H and O–H groups in total. The average Bonchev–Trinajstić information content (AvgIpc) is 2.29. The van der Waals surface area contributed by atoms with Crippen molar-refractivity contribution in [3.63, 3.8) is 0 Å². The first-order valence-corrected chi connectivity index (χ1v) is 5.85. The van der Waals surface area contributed by atoms with Crippen molar-refractivity contribution >= 4 is 0 Å². The molecule has 1 rings (SSSR count). The lowest BCUT2D eigenvalue weighted by atomic mass is 9.92.